The number of carbonyl (C=O) groups is 2. The third kappa shape index (κ3) is 2.61. The van der Waals surface area contributed by atoms with Crippen molar-refractivity contribution in [3.05, 3.63) is 34.0 Å². The highest BCUT2D eigenvalue weighted by molar-refractivity contribution is 7.16. The summed E-state index contributed by atoms with van der Waals surface area (Å²) in [6.07, 6.45) is -3.38. The van der Waals surface area contributed by atoms with Gasteiger partial charge in [0.2, 0.25) is 0 Å². The average molecular weight is 330 g/mol. The van der Waals surface area contributed by atoms with Gasteiger partial charge in [-0.15, -0.1) is 21.5 Å². The van der Waals surface area contributed by atoms with Gasteiger partial charge in [-0.2, -0.15) is 13.2 Å². The lowest BCUT2D eigenvalue weighted by molar-refractivity contribution is -0.0882. The van der Waals surface area contributed by atoms with Crippen LogP contribution in [0.2, 0.25) is 0 Å². The molecule has 10 heteroatoms. The number of halogens is 3. The van der Waals surface area contributed by atoms with Crippen LogP contribution in [0.1, 0.15) is 25.2 Å². The van der Waals surface area contributed by atoms with Crippen LogP contribution in [0.3, 0.4) is 0 Å². The first-order chi connectivity index (χ1) is 10.4. The summed E-state index contributed by atoms with van der Waals surface area (Å²) in [4.78, 5) is 24.5. The van der Waals surface area contributed by atoms with Gasteiger partial charge in [0.25, 0.3) is 11.7 Å². The van der Waals surface area contributed by atoms with Gasteiger partial charge in [-0.05, 0) is 12.1 Å². The number of hydrogen-bond acceptors (Lipinski definition) is 5. The zero-order chi connectivity index (χ0) is 15.9. The third-order valence-electron chi connectivity index (χ3n) is 3.22. The fraction of sp³-hybridized carbons (Fsp3) is 0.333. The molecule has 2 aromatic heterocycles. The van der Waals surface area contributed by atoms with Crippen molar-refractivity contribution in [3.8, 4) is 0 Å². The Balaban J connectivity index is 1.77. The number of amides is 1. The summed E-state index contributed by atoms with van der Waals surface area (Å²) < 4.78 is 38.9. The fourth-order valence-corrected chi connectivity index (χ4v) is 3.04. The first kappa shape index (κ1) is 14.7. The van der Waals surface area contributed by atoms with Crippen molar-refractivity contribution < 1.29 is 22.8 Å². The molecule has 0 saturated carbocycles. The van der Waals surface area contributed by atoms with Gasteiger partial charge >= 0.3 is 6.18 Å². The van der Waals surface area contributed by atoms with Crippen LogP contribution < -0.4 is 0 Å². The molecule has 2 aromatic rings. The normalized spacial score (nSPS) is 14.8. The number of rotatable bonds is 2. The van der Waals surface area contributed by atoms with Crippen molar-refractivity contribution in [1.82, 2.24) is 19.7 Å². The Labute approximate surface area is 126 Å². The van der Waals surface area contributed by atoms with Gasteiger partial charge in [0.05, 0.1) is 16.3 Å². The summed E-state index contributed by atoms with van der Waals surface area (Å²) in [6, 6.07) is 2.27. The van der Waals surface area contributed by atoms with Crippen LogP contribution in [0.5, 0.6) is 0 Å². The molecule has 0 saturated heterocycles. The molecule has 22 heavy (non-hydrogen) atoms. The number of fused-ring (bicyclic) bond motifs is 1. The standard InChI is InChI=1S/C12H9F3N4O2S/c13-12(14,15)10(20)7-1-2-8(22-7)11(21)18-3-4-19-6-16-17-9(19)5-18/h1-2,6H,3-5H2. The van der Waals surface area contributed by atoms with Gasteiger partial charge in [0.1, 0.15) is 6.33 Å². The van der Waals surface area contributed by atoms with Crippen LogP contribution in [-0.2, 0) is 13.1 Å². The van der Waals surface area contributed by atoms with Crippen LogP contribution in [0, 0.1) is 0 Å². The molecule has 0 N–H and O–H groups in total. The number of thiophene rings is 1. The molecule has 1 aliphatic heterocycles. The second kappa shape index (κ2) is 5.20. The molecule has 0 spiro atoms. The zero-order valence-electron chi connectivity index (χ0n) is 11.0. The average Bonchev–Trinajstić information content (AvgIpc) is 3.12. The number of nitrogens with zero attached hydrogens (tertiary/aromatic N) is 4. The predicted octanol–water partition coefficient (Wildman–Crippen LogP) is 1.74. The van der Waals surface area contributed by atoms with E-state index in [-0.39, 0.29) is 11.4 Å². The predicted molar refractivity (Wildman–Crippen MR) is 69.5 cm³/mol. The second-order valence-electron chi connectivity index (χ2n) is 4.66. The van der Waals surface area contributed by atoms with Crippen molar-refractivity contribution in [2.75, 3.05) is 6.54 Å². The number of Topliss-reactive ketones (excluding diaryl/α,β-unsaturated/α-hetero) is 1. The molecule has 3 rings (SSSR count). The van der Waals surface area contributed by atoms with Gasteiger partial charge in [0.15, 0.2) is 5.82 Å². The monoisotopic (exact) mass is 330 g/mol. The quantitative estimate of drug-likeness (QED) is 0.787. The van der Waals surface area contributed by atoms with E-state index in [2.05, 4.69) is 10.2 Å². The minimum absolute atomic E-state index is 0.0977. The van der Waals surface area contributed by atoms with E-state index < -0.39 is 22.7 Å². The van der Waals surface area contributed by atoms with Crippen molar-refractivity contribution in [1.29, 1.82) is 0 Å². The van der Waals surface area contributed by atoms with Gasteiger partial charge in [-0.3, -0.25) is 9.59 Å². The van der Waals surface area contributed by atoms with Crippen molar-refractivity contribution in [2.24, 2.45) is 0 Å². The summed E-state index contributed by atoms with van der Waals surface area (Å²) in [6.45, 7) is 1.16. The molecule has 116 valence electrons. The highest BCUT2D eigenvalue weighted by Gasteiger charge is 2.40. The summed E-state index contributed by atoms with van der Waals surface area (Å²) in [7, 11) is 0. The largest absolute Gasteiger partial charge is 0.455 e. The van der Waals surface area contributed by atoms with E-state index >= 15 is 0 Å². The van der Waals surface area contributed by atoms with Crippen LogP contribution >= 0.6 is 11.3 Å². The summed E-state index contributed by atoms with van der Waals surface area (Å²) in [5.41, 5.74) is 0. The molecule has 0 fully saturated rings. The Morgan fingerprint density at radius 2 is 1.91 bits per heavy atom. The highest BCUT2D eigenvalue weighted by atomic mass is 32.1. The fourth-order valence-electron chi connectivity index (χ4n) is 2.11. The maximum absolute atomic E-state index is 12.4. The van der Waals surface area contributed by atoms with E-state index in [4.69, 9.17) is 0 Å². The van der Waals surface area contributed by atoms with Gasteiger partial charge < -0.3 is 9.47 Å². The minimum Gasteiger partial charge on any atom is -0.329 e. The van der Waals surface area contributed by atoms with Gasteiger partial charge in [-0.25, -0.2) is 0 Å². The minimum atomic E-state index is -4.94. The summed E-state index contributed by atoms with van der Waals surface area (Å²) in [5.74, 6) is -1.74. The molecule has 3 heterocycles. The Morgan fingerprint density at radius 3 is 2.64 bits per heavy atom. The molecule has 0 bridgehead atoms. The Morgan fingerprint density at radius 1 is 1.18 bits per heavy atom. The van der Waals surface area contributed by atoms with Crippen LogP contribution in [-0.4, -0.2) is 44.1 Å². The smallest absolute Gasteiger partial charge is 0.329 e. The zero-order valence-corrected chi connectivity index (χ0v) is 11.8. The first-order valence-corrected chi connectivity index (χ1v) is 7.05. The Hall–Kier alpha value is -2.23. The Kier molecular flexibility index (Phi) is 3.47. The van der Waals surface area contributed by atoms with Crippen LogP contribution in [0.4, 0.5) is 13.2 Å². The number of ketones is 1. The lowest BCUT2D eigenvalue weighted by Crippen LogP contribution is -2.37. The lowest BCUT2D eigenvalue weighted by atomic mass is 10.3. The molecule has 0 radical (unpaired) electrons. The Bertz CT molecular complexity index is 737. The molecule has 0 atom stereocenters. The lowest BCUT2D eigenvalue weighted by Gasteiger charge is -2.26. The number of hydrogen-bond donors (Lipinski definition) is 0. The number of alkyl halides is 3. The maximum atomic E-state index is 12.4. The van der Waals surface area contributed by atoms with Gasteiger partial charge in [-0.1, -0.05) is 0 Å². The van der Waals surface area contributed by atoms with Gasteiger partial charge in [0, 0.05) is 13.1 Å². The van der Waals surface area contributed by atoms with Crippen LogP contribution in [0.15, 0.2) is 18.5 Å². The molecule has 0 aromatic carbocycles. The van der Waals surface area contributed by atoms with E-state index in [1.54, 1.807) is 10.9 Å². The van der Waals surface area contributed by atoms with Crippen molar-refractivity contribution in [3.63, 3.8) is 0 Å². The molecule has 0 unspecified atom stereocenters. The van der Waals surface area contributed by atoms with E-state index in [1.807, 2.05) is 0 Å². The molecule has 0 aliphatic carbocycles. The van der Waals surface area contributed by atoms with Crippen molar-refractivity contribution in [2.45, 2.75) is 19.3 Å². The molecule has 1 aliphatic rings. The van der Waals surface area contributed by atoms with E-state index in [1.165, 1.54) is 11.0 Å². The molecule has 1 amide bonds. The van der Waals surface area contributed by atoms with Crippen LogP contribution in [0.25, 0.3) is 0 Å². The topological polar surface area (TPSA) is 68.1 Å². The highest BCUT2D eigenvalue weighted by Crippen LogP contribution is 2.27. The van der Waals surface area contributed by atoms with E-state index in [0.29, 0.717) is 30.3 Å². The van der Waals surface area contributed by atoms with E-state index in [9.17, 15) is 22.8 Å². The SMILES string of the molecule is O=C(c1ccc(C(=O)C(F)(F)F)s1)N1CCn2cnnc2C1. The summed E-state index contributed by atoms with van der Waals surface area (Å²) >= 11 is 0.549. The second-order valence-corrected chi connectivity index (χ2v) is 5.74. The number of aromatic nitrogens is 3. The first-order valence-electron chi connectivity index (χ1n) is 6.23. The van der Waals surface area contributed by atoms with E-state index in [0.717, 1.165) is 6.07 Å². The van der Waals surface area contributed by atoms with Crippen molar-refractivity contribution >= 4 is 23.0 Å². The summed E-state index contributed by atoms with van der Waals surface area (Å²) in [5, 5.41) is 7.60. The number of carbonyl (C=O) groups excluding carboxylic acids is 2. The third-order valence-corrected chi connectivity index (χ3v) is 4.30. The molecular weight excluding hydrogens is 321 g/mol. The maximum Gasteiger partial charge on any atom is 0.455 e. The molecular formula is C12H9F3N4O2S. The molecule has 6 nitrogen and oxygen atoms in total.